The van der Waals surface area contributed by atoms with Gasteiger partial charge in [0.15, 0.2) is 11.5 Å². The summed E-state index contributed by atoms with van der Waals surface area (Å²) in [6.45, 7) is 3.51. The van der Waals surface area contributed by atoms with Crippen LogP contribution >= 0.6 is 34.8 Å². The number of halogens is 3. The maximum absolute atomic E-state index is 12.8. The predicted molar refractivity (Wildman–Crippen MR) is 129 cm³/mol. The molecule has 0 spiro atoms. The zero-order valence-corrected chi connectivity index (χ0v) is 20.8. The highest BCUT2D eigenvalue weighted by Gasteiger charge is 2.38. The number of allylic oxidation sites excluding steroid dienone is 2. The fourth-order valence-corrected chi connectivity index (χ4v) is 4.23. The van der Waals surface area contributed by atoms with E-state index >= 15 is 0 Å². The molecule has 0 saturated heterocycles. The van der Waals surface area contributed by atoms with Crippen molar-refractivity contribution in [3.8, 4) is 17.6 Å². The van der Waals surface area contributed by atoms with Crippen LogP contribution in [0.4, 0.5) is 0 Å². The number of benzene rings is 2. The van der Waals surface area contributed by atoms with E-state index in [4.69, 9.17) is 59.5 Å². The Bertz CT molecular complexity index is 1230. The molecule has 0 amide bonds. The van der Waals surface area contributed by atoms with Gasteiger partial charge in [0.25, 0.3) is 0 Å². The van der Waals surface area contributed by atoms with Crippen molar-refractivity contribution in [1.29, 1.82) is 5.26 Å². The van der Waals surface area contributed by atoms with Gasteiger partial charge in [0.05, 0.1) is 25.2 Å². The van der Waals surface area contributed by atoms with Crippen LogP contribution in [0.2, 0.25) is 15.1 Å². The van der Waals surface area contributed by atoms with Crippen LogP contribution in [0.5, 0.6) is 11.5 Å². The van der Waals surface area contributed by atoms with Gasteiger partial charge in [0.2, 0.25) is 5.88 Å². The summed E-state index contributed by atoms with van der Waals surface area (Å²) in [5.41, 5.74) is 7.22. The van der Waals surface area contributed by atoms with Crippen molar-refractivity contribution < 1.29 is 23.7 Å². The van der Waals surface area contributed by atoms with E-state index in [1.54, 1.807) is 38.1 Å². The van der Waals surface area contributed by atoms with Gasteiger partial charge >= 0.3 is 5.97 Å². The third kappa shape index (κ3) is 5.20. The highest BCUT2D eigenvalue weighted by Crippen LogP contribution is 2.45. The van der Waals surface area contributed by atoms with Gasteiger partial charge in [-0.2, -0.15) is 5.26 Å². The topological polar surface area (TPSA) is 104 Å². The Balaban J connectivity index is 2.05. The van der Waals surface area contributed by atoms with E-state index in [9.17, 15) is 10.1 Å². The normalized spacial score (nSPS) is 15.5. The van der Waals surface area contributed by atoms with E-state index < -0.39 is 11.9 Å². The van der Waals surface area contributed by atoms with Gasteiger partial charge < -0.3 is 24.7 Å². The van der Waals surface area contributed by atoms with Crippen molar-refractivity contribution in [1.82, 2.24) is 0 Å². The molecule has 0 fully saturated rings. The molecule has 2 aromatic carbocycles. The fraction of sp³-hybridized carbons (Fsp3) is 0.250. The molecule has 0 radical (unpaired) electrons. The van der Waals surface area contributed by atoms with Gasteiger partial charge in [0, 0.05) is 26.7 Å². The Morgan fingerprint density at radius 3 is 2.53 bits per heavy atom. The number of rotatable bonds is 7. The van der Waals surface area contributed by atoms with Gasteiger partial charge in [-0.05, 0) is 37.6 Å². The van der Waals surface area contributed by atoms with Gasteiger partial charge in [0.1, 0.15) is 24.0 Å². The molecule has 1 unspecified atom stereocenters. The first-order valence-electron chi connectivity index (χ1n) is 10.1. The number of nitrogens with zero attached hydrogens (tertiary/aromatic N) is 1. The van der Waals surface area contributed by atoms with Crippen molar-refractivity contribution >= 4 is 40.8 Å². The van der Waals surface area contributed by atoms with Crippen LogP contribution in [-0.4, -0.2) is 19.7 Å². The summed E-state index contributed by atoms with van der Waals surface area (Å²) < 4.78 is 22.0. The molecule has 0 bridgehead atoms. The Hall–Kier alpha value is -3.05. The third-order valence-electron chi connectivity index (χ3n) is 5.09. The Kier molecular flexibility index (Phi) is 8.21. The van der Waals surface area contributed by atoms with Crippen LogP contribution in [-0.2, 0) is 20.9 Å². The molecule has 178 valence electrons. The van der Waals surface area contributed by atoms with Crippen molar-refractivity contribution in [3.63, 3.8) is 0 Å². The van der Waals surface area contributed by atoms with Crippen LogP contribution in [0, 0.1) is 11.3 Å². The summed E-state index contributed by atoms with van der Waals surface area (Å²) in [5, 5.41) is 11.0. The summed E-state index contributed by atoms with van der Waals surface area (Å²) in [5.74, 6) is -0.800. The first-order valence-corrected chi connectivity index (χ1v) is 11.2. The molecule has 2 aromatic rings. The van der Waals surface area contributed by atoms with E-state index in [-0.39, 0.29) is 41.0 Å². The molecule has 34 heavy (non-hydrogen) atoms. The highest BCUT2D eigenvalue weighted by atomic mass is 35.5. The zero-order chi connectivity index (χ0) is 25.0. The van der Waals surface area contributed by atoms with Crippen LogP contribution in [0.15, 0.2) is 53.1 Å². The summed E-state index contributed by atoms with van der Waals surface area (Å²) in [6.07, 6.45) is 0. The SMILES string of the molecule is CCOC(=O)C1=C(C)OC(N)=C(C#N)C1c1cc(OC)c(OCc2ccc(Cl)cc2Cl)cc1Cl. The van der Waals surface area contributed by atoms with E-state index in [0.717, 1.165) is 0 Å². The molecule has 1 aliphatic rings. The summed E-state index contributed by atoms with van der Waals surface area (Å²) in [4.78, 5) is 12.8. The minimum Gasteiger partial charge on any atom is -0.493 e. The van der Waals surface area contributed by atoms with Gasteiger partial charge in [-0.15, -0.1) is 0 Å². The summed E-state index contributed by atoms with van der Waals surface area (Å²) >= 11 is 18.8. The quantitative estimate of drug-likeness (QED) is 0.452. The second-order valence-electron chi connectivity index (χ2n) is 7.16. The predicted octanol–water partition coefficient (Wildman–Crippen LogP) is 5.88. The standard InChI is InChI=1S/C24H21Cl3N2O5/c1-4-32-24(30)21-12(2)34-23(29)16(10-28)22(21)15-8-19(31-3)20(9-18(15)27)33-11-13-5-6-14(25)7-17(13)26/h5-9,22H,4,11,29H2,1-3H3. The molecule has 10 heteroatoms. The Morgan fingerprint density at radius 2 is 1.91 bits per heavy atom. The Morgan fingerprint density at radius 1 is 1.18 bits per heavy atom. The van der Waals surface area contributed by atoms with E-state index in [2.05, 4.69) is 0 Å². The highest BCUT2D eigenvalue weighted by molar-refractivity contribution is 6.35. The van der Waals surface area contributed by atoms with Gasteiger partial charge in [-0.3, -0.25) is 0 Å². The lowest BCUT2D eigenvalue weighted by molar-refractivity contribution is -0.139. The maximum Gasteiger partial charge on any atom is 0.338 e. The third-order valence-corrected chi connectivity index (χ3v) is 6.01. The molecular formula is C24H21Cl3N2O5. The molecule has 0 aromatic heterocycles. The molecule has 0 aliphatic carbocycles. The second kappa shape index (κ2) is 10.9. The molecule has 1 heterocycles. The Labute approximate surface area is 212 Å². The fourth-order valence-electron chi connectivity index (χ4n) is 3.50. The molecule has 3 rings (SSSR count). The van der Waals surface area contributed by atoms with Crippen molar-refractivity contribution in [2.24, 2.45) is 5.73 Å². The molecule has 1 atom stereocenters. The van der Waals surface area contributed by atoms with E-state index in [0.29, 0.717) is 32.7 Å². The average molecular weight is 524 g/mol. The van der Waals surface area contributed by atoms with E-state index in [1.807, 2.05) is 6.07 Å². The summed E-state index contributed by atoms with van der Waals surface area (Å²) in [7, 11) is 1.46. The number of hydrogen-bond acceptors (Lipinski definition) is 7. The van der Waals surface area contributed by atoms with Crippen LogP contribution in [0.3, 0.4) is 0 Å². The zero-order valence-electron chi connectivity index (χ0n) is 18.6. The number of ether oxygens (including phenoxy) is 4. The lowest BCUT2D eigenvalue weighted by atomic mass is 9.83. The van der Waals surface area contributed by atoms with Crippen LogP contribution in [0.1, 0.15) is 30.9 Å². The molecule has 0 saturated carbocycles. The van der Waals surface area contributed by atoms with E-state index in [1.165, 1.54) is 13.2 Å². The van der Waals surface area contributed by atoms with Crippen LogP contribution in [0.25, 0.3) is 0 Å². The molecule has 2 N–H and O–H groups in total. The number of hydrogen-bond donors (Lipinski definition) is 1. The van der Waals surface area contributed by atoms with Gasteiger partial charge in [-0.1, -0.05) is 40.9 Å². The lowest BCUT2D eigenvalue weighted by Gasteiger charge is -2.28. The number of esters is 1. The maximum atomic E-state index is 12.8. The summed E-state index contributed by atoms with van der Waals surface area (Å²) in [6, 6.07) is 10.2. The molecule has 7 nitrogen and oxygen atoms in total. The number of nitrogens with two attached hydrogens (primary N) is 1. The monoisotopic (exact) mass is 522 g/mol. The minimum atomic E-state index is -0.918. The minimum absolute atomic E-state index is 0.0271. The number of carbonyl (C=O) groups is 1. The number of nitriles is 1. The second-order valence-corrected chi connectivity index (χ2v) is 8.41. The van der Waals surface area contributed by atoms with Crippen LogP contribution < -0.4 is 15.2 Å². The number of carbonyl (C=O) groups excluding carboxylic acids is 1. The first kappa shape index (κ1) is 25.6. The molecule has 1 aliphatic heterocycles. The average Bonchev–Trinajstić information content (AvgIpc) is 2.78. The smallest absolute Gasteiger partial charge is 0.338 e. The van der Waals surface area contributed by atoms with Crippen molar-refractivity contribution in [3.05, 3.63) is 79.3 Å². The van der Waals surface area contributed by atoms with Gasteiger partial charge in [-0.25, -0.2) is 4.79 Å². The molecular weight excluding hydrogens is 503 g/mol. The largest absolute Gasteiger partial charge is 0.493 e. The van der Waals surface area contributed by atoms with Crippen molar-refractivity contribution in [2.75, 3.05) is 13.7 Å². The number of methoxy groups -OCH3 is 1. The van der Waals surface area contributed by atoms with Crippen molar-refractivity contribution in [2.45, 2.75) is 26.4 Å². The lowest BCUT2D eigenvalue weighted by Crippen LogP contribution is -2.25. The first-order chi connectivity index (χ1) is 16.2.